The molecule has 2 aromatic carbocycles. The Morgan fingerprint density at radius 2 is 1.96 bits per heavy atom. The summed E-state index contributed by atoms with van der Waals surface area (Å²) in [5, 5.41) is 6.76. The van der Waals surface area contributed by atoms with Gasteiger partial charge in [-0.2, -0.15) is 0 Å². The Bertz CT molecular complexity index is 986. The monoisotopic (exact) mass is 377 g/mol. The Labute approximate surface area is 163 Å². The summed E-state index contributed by atoms with van der Waals surface area (Å²) in [4.78, 5) is 27.6. The second-order valence-corrected chi connectivity index (χ2v) is 7.11. The first-order valence-corrected chi connectivity index (χ1v) is 9.44. The molecule has 2 unspecified atom stereocenters. The highest BCUT2D eigenvalue weighted by atomic mass is 16.5. The summed E-state index contributed by atoms with van der Waals surface area (Å²) in [6.45, 7) is 1.82. The highest BCUT2D eigenvalue weighted by Crippen LogP contribution is 2.27. The maximum absolute atomic E-state index is 12.8. The molecule has 0 saturated carbocycles. The van der Waals surface area contributed by atoms with Crippen molar-refractivity contribution in [2.75, 3.05) is 6.54 Å². The number of amides is 2. The van der Waals surface area contributed by atoms with E-state index < -0.39 is 6.04 Å². The van der Waals surface area contributed by atoms with Crippen LogP contribution in [-0.2, 0) is 22.4 Å². The molecule has 2 amide bonds. The summed E-state index contributed by atoms with van der Waals surface area (Å²) in [6.07, 6.45) is 2.99. The Morgan fingerprint density at radius 3 is 2.79 bits per heavy atom. The molecule has 0 fully saturated rings. The van der Waals surface area contributed by atoms with Gasteiger partial charge in [0.25, 0.3) is 0 Å². The van der Waals surface area contributed by atoms with Gasteiger partial charge >= 0.3 is 0 Å². The van der Waals surface area contributed by atoms with Crippen molar-refractivity contribution in [1.29, 1.82) is 0 Å². The number of aromatic amines is 1. The van der Waals surface area contributed by atoms with Crippen molar-refractivity contribution in [1.82, 2.24) is 15.6 Å². The number of ether oxygens (including phenoxy) is 1. The van der Waals surface area contributed by atoms with Gasteiger partial charge in [0.1, 0.15) is 17.9 Å². The molecule has 144 valence electrons. The van der Waals surface area contributed by atoms with Gasteiger partial charge in [-0.15, -0.1) is 0 Å². The van der Waals surface area contributed by atoms with Crippen molar-refractivity contribution in [3.63, 3.8) is 0 Å². The van der Waals surface area contributed by atoms with Crippen LogP contribution in [0.5, 0.6) is 5.75 Å². The first-order chi connectivity index (χ1) is 13.6. The van der Waals surface area contributed by atoms with Crippen LogP contribution in [0.4, 0.5) is 0 Å². The smallest absolute Gasteiger partial charge is 0.243 e. The standard InChI is InChI=1S/C22H23N3O3/c1-14(26)25-20(11-16-12-23-19-8-4-3-7-18(16)19)22(27)24-13-17-10-15-6-2-5-9-21(15)28-17/h2-9,12,17,20,23H,10-11,13H2,1H3,(H,24,27)(H,25,26). The second-order valence-electron chi connectivity index (χ2n) is 7.11. The molecule has 3 N–H and O–H groups in total. The van der Waals surface area contributed by atoms with E-state index in [0.29, 0.717) is 13.0 Å². The lowest BCUT2D eigenvalue weighted by atomic mass is 10.0. The number of para-hydroxylation sites is 2. The zero-order valence-electron chi connectivity index (χ0n) is 15.7. The molecule has 6 heteroatoms. The lowest BCUT2D eigenvalue weighted by Gasteiger charge is -2.19. The van der Waals surface area contributed by atoms with E-state index >= 15 is 0 Å². The summed E-state index contributed by atoms with van der Waals surface area (Å²) >= 11 is 0. The predicted octanol–water partition coefficient (Wildman–Crippen LogP) is 2.33. The summed E-state index contributed by atoms with van der Waals surface area (Å²) in [5.74, 6) is 0.434. The Kier molecular flexibility index (Phi) is 5.02. The third kappa shape index (κ3) is 3.86. The number of rotatable bonds is 6. The average molecular weight is 377 g/mol. The zero-order chi connectivity index (χ0) is 19.5. The van der Waals surface area contributed by atoms with Crippen molar-refractivity contribution >= 4 is 22.7 Å². The molecule has 2 atom stereocenters. The Hall–Kier alpha value is -3.28. The fraction of sp³-hybridized carbons (Fsp3) is 0.273. The van der Waals surface area contributed by atoms with E-state index in [-0.39, 0.29) is 17.9 Å². The second kappa shape index (κ2) is 7.76. The molecule has 1 aromatic heterocycles. The van der Waals surface area contributed by atoms with Crippen LogP contribution in [0.1, 0.15) is 18.1 Å². The number of fused-ring (bicyclic) bond motifs is 2. The van der Waals surface area contributed by atoms with Gasteiger partial charge in [0.05, 0.1) is 6.54 Å². The maximum Gasteiger partial charge on any atom is 0.243 e. The molecular weight excluding hydrogens is 354 g/mol. The van der Waals surface area contributed by atoms with Gasteiger partial charge < -0.3 is 20.4 Å². The van der Waals surface area contributed by atoms with E-state index in [2.05, 4.69) is 15.6 Å². The van der Waals surface area contributed by atoms with E-state index in [1.165, 1.54) is 6.92 Å². The molecule has 1 aliphatic heterocycles. The van der Waals surface area contributed by atoms with E-state index in [1.807, 2.05) is 54.7 Å². The largest absolute Gasteiger partial charge is 0.488 e. The third-order valence-electron chi connectivity index (χ3n) is 5.01. The van der Waals surface area contributed by atoms with Crippen molar-refractivity contribution in [3.05, 3.63) is 65.9 Å². The van der Waals surface area contributed by atoms with Gasteiger partial charge in [-0.25, -0.2) is 0 Å². The van der Waals surface area contributed by atoms with Gasteiger partial charge in [-0.3, -0.25) is 9.59 Å². The Morgan fingerprint density at radius 1 is 1.18 bits per heavy atom. The number of benzene rings is 2. The van der Waals surface area contributed by atoms with E-state index in [1.54, 1.807) is 0 Å². The fourth-order valence-corrected chi connectivity index (χ4v) is 3.68. The number of hydrogen-bond acceptors (Lipinski definition) is 3. The zero-order valence-corrected chi connectivity index (χ0v) is 15.7. The minimum absolute atomic E-state index is 0.0904. The van der Waals surface area contributed by atoms with Gasteiger partial charge in [0, 0.05) is 36.9 Å². The van der Waals surface area contributed by atoms with Crippen molar-refractivity contribution < 1.29 is 14.3 Å². The van der Waals surface area contributed by atoms with Gasteiger partial charge in [0.15, 0.2) is 0 Å². The number of aromatic nitrogens is 1. The molecule has 0 radical (unpaired) electrons. The van der Waals surface area contributed by atoms with Crippen LogP contribution in [0.2, 0.25) is 0 Å². The van der Waals surface area contributed by atoms with Crippen LogP contribution >= 0.6 is 0 Å². The lowest BCUT2D eigenvalue weighted by Crippen LogP contribution is -2.49. The highest BCUT2D eigenvalue weighted by molar-refractivity contribution is 5.89. The van der Waals surface area contributed by atoms with Crippen LogP contribution in [0.15, 0.2) is 54.7 Å². The van der Waals surface area contributed by atoms with Crippen LogP contribution in [0.25, 0.3) is 10.9 Å². The van der Waals surface area contributed by atoms with Crippen LogP contribution in [0.3, 0.4) is 0 Å². The molecule has 0 aliphatic carbocycles. The van der Waals surface area contributed by atoms with Crippen molar-refractivity contribution in [3.8, 4) is 5.75 Å². The quantitative estimate of drug-likeness (QED) is 0.617. The first kappa shape index (κ1) is 18.1. The predicted molar refractivity (Wildman–Crippen MR) is 107 cm³/mol. The molecule has 1 aliphatic rings. The number of H-pyrrole nitrogens is 1. The van der Waals surface area contributed by atoms with Crippen molar-refractivity contribution in [2.45, 2.75) is 31.9 Å². The van der Waals surface area contributed by atoms with Crippen LogP contribution in [-0.4, -0.2) is 35.5 Å². The molecule has 0 spiro atoms. The summed E-state index contributed by atoms with van der Waals surface area (Å²) in [6, 6.07) is 15.2. The van der Waals surface area contributed by atoms with Crippen LogP contribution < -0.4 is 15.4 Å². The molecule has 2 heterocycles. The molecule has 6 nitrogen and oxygen atoms in total. The SMILES string of the molecule is CC(=O)NC(Cc1c[nH]c2ccccc12)C(=O)NCC1Cc2ccccc2O1. The number of hydrogen-bond donors (Lipinski definition) is 3. The third-order valence-corrected chi connectivity index (χ3v) is 5.01. The fourth-order valence-electron chi connectivity index (χ4n) is 3.68. The molecular formula is C22H23N3O3. The summed E-state index contributed by atoms with van der Waals surface area (Å²) in [5.41, 5.74) is 3.16. The van der Waals surface area contributed by atoms with Crippen molar-refractivity contribution in [2.24, 2.45) is 0 Å². The average Bonchev–Trinajstić information content (AvgIpc) is 3.29. The molecule has 0 bridgehead atoms. The van der Waals surface area contributed by atoms with E-state index in [4.69, 9.17) is 4.74 Å². The lowest BCUT2D eigenvalue weighted by molar-refractivity contribution is -0.128. The molecule has 3 aromatic rings. The van der Waals surface area contributed by atoms with Gasteiger partial charge in [-0.1, -0.05) is 36.4 Å². The minimum Gasteiger partial charge on any atom is -0.488 e. The van der Waals surface area contributed by atoms with Gasteiger partial charge in [0.2, 0.25) is 11.8 Å². The topological polar surface area (TPSA) is 83.2 Å². The molecule has 0 saturated heterocycles. The summed E-state index contributed by atoms with van der Waals surface area (Å²) in [7, 11) is 0. The van der Waals surface area contributed by atoms with Gasteiger partial charge in [-0.05, 0) is 23.3 Å². The number of carbonyl (C=O) groups excluding carboxylic acids is 2. The minimum atomic E-state index is -0.638. The number of nitrogens with one attached hydrogen (secondary N) is 3. The Balaban J connectivity index is 1.41. The van der Waals surface area contributed by atoms with E-state index in [0.717, 1.165) is 34.2 Å². The number of carbonyl (C=O) groups is 2. The van der Waals surface area contributed by atoms with E-state index in [9.17, 15) is 9.59 Å². The summed E-state index contributed by atoms with van der Waals surface area (Å²) < 4.78 is 5.87. The normalized spacial score (nSPS) is 16.2. The van der Waals surface area contributed by atoms with Crippen LogP contribution in [0, 0.1) is 0 Å². The maximum atomic E-state index is 12.8. The molecule has 28 heavy (non-hydrogen) atoms. The first-order valence-electron chi connectivity index (χ1n) is 9.44. The highest BCUT2D eigenvalue weighted by Gasteiger charge is 2.26. The molecule has 4 rings (SSSR count).